The second-order valence-electron chi connectivity index (χ2n) is 3.14. The van der Waals surface area contributed by atoms with Crippen molar-refractivity contribution in [1.29, 1.82) is 0 Å². The van der Waals surface area contributed by atoms with Gasteiger partial charge in [0.05, 0.1) is 0 Å². The summed E-state index contributed by atoms with van der Waals surface area (Å²) in [5, 5.41) is 5.25. The normalized spacial score (nSPS) is 10.2. The van der Waals surface area contributed by atoms with E-state index in [0.717, 1.165) is 24.6 Å². The van der Waals surface area contributed by atoms with Crippen LogP contribution in [0.4, 0.5) is 5.82 Å². The first kappa shape index (κ1) is 10.1. The monoisotopic (exact) mass is 219 g/mol. The molecule has 0 fully saturated rings. The van der Waals surface area contributed by atoms with Crippen molar-refractivity contribution in [3.05, 3.63) is 40.5 Å². The molecule has 0 aliphatic heterocycles. The molecular formula is C11H13N3S. The summed E-state index contributed by atoms with van der Waals surface area (Å²) in [6.45, 7) is 2.94. The lowest BCUT2D eigenvalue weighted by Gasteiger charge is -2.03. The van der Waals surface area contributed by atoms with Gasteiger partial charge in [-0.3, -0.25) is 0 Å². The number of thiophene rings is 1. The van der Waals surface area contributed by atoms with Crippen molar-refractivity contribution in [1.82, 2.24) is 9.97 Å². The predicted molar refractivity (Wildman–Crippen MR) is 63.3 cm³/mol. The maximum absolute atomic E-state index is 4.42. The maximum atomic E-state index is 4.42. The number of anilines is 1. The molecule has 0 atom stereocenters. The van der Waals surface area contributed by atoms with Gasteiger partial charge in [-0.25, -0.2) is 9.97 Å². The quantitative estimate of drug-likeness (QED) is 0.858. The van der Waals surface area contributed by atoms with Gasteiger partial charge in [-0.1, -0.05) is 6.07 Å². The highest BCUT2D eigenvalue weighted by molar-refractivity contribution is 7.09. The zero-order valence-electron chi connectivity index (χ0n) is 8.60. The van der Waals surface area contributed by atoms with Gasteiger partial charge in [0.25, 0.3) is 0 Å². The molecule has 15 heavy (non-hydrogen) atoms. The molecule has 0 aliphatic carbocycles. The Morgan fingerprint density at radius 1 is 1.40 bits per heavy atom. The van der Waals surface area contributed by atoms with E-state index in [1.165, 1.54) is 4.88 Å². The molecule has 2 heterocycles. The molecule has 2 aromatic rings. The lowest BCUT2D eigenvalue weighted by Crippen LogP contribution is -2.02. The first-order valence-electron chi connectivity index (χ1n) is 4.96. The van der Waals surface area contributed by atoms with E-state index in [0.29, 0.717) is 0 Å². The number of hydrogen-bond donors (Lipinski definition) is 1. The SMILES string of the molecule is CCNc1ccnc(Cc2cccs2)n1. The minimum atomic E-state index is 0.816. The van der Waals surface area contributed by atoms with Crippen LogP contribution in [0, 0.1) is 0 Å². The fourth-order valence-corrected chi connectivity index (χ4v) is 2.03. The Bertz CT molecular complexity index is 412. The average molecular weight is 219 g/mol. The topological polar surface area (TPSA) is 37.8 Å². The van der Waals surface area contributed by atoms with E-state index in [1.807, 2.05) is 12.1 Å². The van der Waals surface area contributed by atoms with Crippen LogP contribution in [0.3, 0.4) is 0 Å². The third-order valence-corrected chi connectivity index (χ3v) is 2.85. The van der Waals surface area contributed by atoms with Crippen molar-refractivity contribution in [2.45, 2.75) is 13.3 Å². The van der Waals surface area contributed by atoms with Crippen molar-refractivity contribution in [3.63, 3.8) is 0 Å². The maximum Gasteiger partial charge on any atom is 0.135 e. The van der Waals surface area contributed by atoms with E-state index >= 15 is 0 Å². The summed E-state index contributed by atoms with van der Waals surface area (Å²) >= 11 is 1.74. The molecule has 0 amide bonds. The number of nitrogens with one attached hydrogen (secondary N) is 1. The van der Waals surface area contributed by atoms with E-state index in [9.17, 15) is 0 Å². The molecule has 78 valence electrons. The first-order valence-corrected chi connectivity index (χ1v) is 5.84. The van der Waals surface area contributed by atoms with Crippen LogP contribution in [-0.4, -0.2) is 16.5 Å². The van der Waals surface area contributed by atoms with Gasteiger partial charge in [0.15, 0.2) is 0 Å². The summed E-state index contributed by atoms with van der Waals surface area (Å²) in [5.74, 6) is 1.77. The van der Waals surface area contributed by atoms with Gasteiger partial charge < -0.3 is 5.32 Å². The highest BCUT2D eigenvalue weighted by Gasteiger charge is 2.01. The van der Waals surface area contributed by atoms with Crippen LogP contribution in [0.1, 0.15) is 17.6 Å². The first-order chi connectivity index (χ1) is 7.38. The second-order valence-corrected chi connectivity index (χ2v) is 4.18. The van der Waals surface area contributed by atoms with Crippen LogP contribution in [0.25, 0.3) is 0 Å². The van der Waals surface area contributed by atoms with Gasteiger partial charge in [-0.15, -0.1) is 11.3 Å². The lowest BCUT2D eigenvalue weighted by atomic mass is 10.3. The number of hydrogen-bond acceptors (Lipinski definition) is 4. The standard InChI is InChI=1S/C11H13N3S/c1-2-12-10-5-6-13-11(14-10)8-9-4-3-7-15-9/h3-7H,2,8H2,1H3,(H,12,13,14). The Morgan fingerprint density at radius 2 is 2.33 bits per heavy atom. The zero-order chi connectivity index (χ0) is 10.5. The molecule has 0 spiro atoms. The summed E-state index contributed by atoms with van der Waals surface area (Å²) in [7, 11) is 0. The van der Waals surface area contributed by atoms with Crippen molar-refractivity contribution in [2.24, 2.45) is 0 Å². The smallest absolute Gasteiger partial charge is 0.135 e. The summed E-state index contributed by atoms with van der Waals surface area (Å²) in [6.07, 6.45) is 2.62. The Balaban J connectivity index is 2.11. The lowest BCUT2D eigenvalue weighted by molar-refractivity contribution is 0.973. The third kappa shape index (κ3) is 2.76. The molecule has 2 rings (SSSR count). The second kappa shape index (κ2) is 4.89. The van der Waals surface area contributed by atoms with Gasteiger partial charge in [0, 0.05) is 24.0 Å². The molecule has 0 aliphatic rings. The number of aromatic nitrogens is 2. The Labute approximate surface area is 93.2 Å². The Hall–Kier alpha value is -1.42. The molecule has 0 unspecified atom stereocenters. The van der Waals surface area contributed by atoms with Crippen molar-refractivity contribution < 1.29 is 0 Å². The van der Waals surface area contributed by atoms with E-state index in [-0.39, 0.29) is 0 Å². The van der Waals surface area contributed by atoms with Crippen molar-refractivity contribution in [3.8, 4) is 0 Å². The van der Waals surface area contributed by atoms with Crippen LogP contribution < -0.4 is 5.32 Å². The summed E-state index contributed by atoms with van der Waals surface area (Å²) in [4.78, 5) is 9.97. The highest BCUT2D eigenvalue weighted by atomic mass is 32.1. The van der Waals surface area contributed by atoms with Gasteiger partial charge in [-0.2, -0.15) is 0 Å². The molecule has 2 aromatic heterocycles. The van der Waals surface area contributed by atoms with E-state index in [1.54, 1.807) is 17.5 Å². The van der Waals surface area contributed by atoms with Crippen LogP contribution in [-0.2, 0) is 6.42 Å². The summed E-state index contributed by atoms with van der Waals surface area (Å²) in [5.41, 5.74) is 0. The molecule has 1 N–H and O–H groups in total. The zero-order valence-corrected chi connectivity index (χ0v) is 9.42. The largest absolute Gasteiger partial charge is 0.370 e. The fourth-order valence-electron chi connectivity index (χ4n) is 1.33. The minimum absolute atomic E-state index is 0.816. The van der Waals surface area contributed by atoms with Crippen molar-refractivity contribution >= 4 is 17.2 Å². The molecule has 4 heteroatoms. The van der Waals surface area contributed by atoms with Gasteiger partial charge >= 0.3 is 0 Å². The summed E-state index contributed by atoms with van der Waals surface area (Å²) in [6, 6.07) is 6.05. The van der Waals surface area contributed by atoms with Gasteiger partial charge in [0.1, 0.15) is 11.6 Å². The molecule has 3 nitrogen and oxygen atoms in total. The predicted octanol–water partition coefficient (Wildman–Crippen LogP) is 2.56. The van der Waals surface area contributed by atoms with Gasteiger partial charge in [0.2, 0.25) is 0 Å². The molecular weight excluding hydrogens is 206 g/mol. The van der Waals surface area contributed by atoms with E-state index in [4.69, 9.17) is 0 Å². The molecule has 0 saturated carbocycles. The molecule has 0 bridgehead atoms. The number of nitrogens with zero attached hydrogens (tertiary/aromatic N) is 2. The molecule has 0 saturated heterocycles. The van der Waals surface area contributed by atoms with Gasteiger partial charge in [-0.05, 0) is 24.4 Å². The number of rotatable bonds is 4. The summed E-state index contributed by atoms with van der Waals surface area (Å²) < 4.78 is 0. The molecule has 0 radical (unpaired) electrons. The van der Waals surface area contributed by atoms with Crippen LogP contribution in [0.2, 0.25) is 0 Å². The Morgan fingerprint density at radius 3 is 3.07 bits per heavy atom. The van der Waals surface area contributed by atoms with Crippen LogP contribution >= 0.6 is 11.3 Å². The van der Waals surface area contributed by atoms with E-state index in [2.05, 4.69) is 33.7 Å². The van der Waals surface area contributed by atoms with Crippen LogP contribution in [0.5, 0.6) is 0 Å². The van der Waals surface area contributed by atoms with Crippen LogP contribution in [0.15, 0.2) is 29.8 Å². The highest BCUT2D eigenvalue weighted by Crippen LogP contribution is 2.13. The third-order valence-electron chi connectivity index (χ3n) is 1.98. The fraction of sp³-hybridized carbons (Fsp3) is 0.273. The van der Waals surface area contributed by atoms with E-state index < -0.39 is 0 Å². The minimum Gasteiger partial charge on any atom is -0.370 e. The van der Waals surface area contributed by atoms with Crippen molar-refractivity contribution in [2.75, 3.05) is 11.9 Å². The average Bonchev–Trinajstić information content (AvgIpc) is 2.71. The molecule has 0 aromatic carbocycles. The Kier molecular flexibility index (Phi) is 3.29.